The minimum absolute atomic E-state index is 0.0119. The SMILES string of the molecule is COC(=O)CCCCCCC1[C@@H](CO[Si](C)(C)C(C)(C)C)[C@H](OC2CCCCO2)C[C@@H]1O. The highest BCUT2D eigenvalue weighted by molar-refractivity contribution is 6.74. The average Bonchev–Trinajstić information content (AvgIpc) is 3.02. The van der Waals surface area contributed by atoms with E-state index in [0.717, 1.165) is 58.0 Å². The van der Waals surface area contributed by atoms with E-state index >= 15 is 0 Å². The molecule has 1 N–H and O–H groups in total. The van der Waals surface area contributed by atoms with Crippen molar-refractivity contribution in [3.8, 4) is 0 Å². The number of esters is 1. The molecule has 0 aromatic heterocycles. The van der Waals surface area contributed by atoms with Crippen LogP contribution < -0.4 is 0 Å². The molecule has 2 fully saturated rings. The molecule has 0 aromatic carbocycles. The first-order valence-corrected chi connectivity index (χ1v) is 15.6. The molecule has 2 unspecified atom stereocenters. The lowest BCUT2D eigenvalue weighted by atomic mass is 9.89. The molecule has 0 radical (unpaired) electrons. The van der Waals surface area contributed by atoms with Crippen molar-refractivity contribution in [1.29, 1.82) is 0 Å². The third-order valence-corrected chi connectivity index (χ3v) is 12.3. The Labute approximate surface area is 196 Å². The average molecular weight is 473 g/mol. The van der Waals surface area contributed by atoms with E-state index < -0.39 is 8.32 Å². The van der Waals surface area contributed by atoms with Gasteiger partial charge in [0, 0.05) is 32.0 Å². The summed E-state index contributed by atoms with van der Waals surface area (Å²) in [5.74, 6) is 0.248. The molecule has 6 nitrogen and oxygen atoms in total. The summed E-state index contributed by atoms with van der Waals surface area (Å²) in [5, 5.41) is 11.1. The number of aliphatic hydroxyl groups is 1. The van der Waals surface area contributed by atoms with E-state index in [4.69, 9.17) is 18.6 Å². The Morgan fingerprint density at radius 1 is 1.09 bits per heavy atom. The van der Waals surface area contributed by atoms with Crippen molar-refractivity contribution in [3.63, 3.8) is 0 Å². The smallest absolute Gasteiger partial charge is 0.305 e. The number of hydrogen-bond acceptors (Lipinski definition) is 6. The molecule has 0 amide bonds. The van der Waals surface area contributed by atoms with Gasteiger partial charge in [0.2, 0.25) is 0 Å². The van der Waals surface area contributed by atoms with Gasteiger partial charge in [-0.3, -0.25) is 4.79 Å². The maximum absolute atomic E-state index is 11.3. The van der Waals surface area contributed by atoms with Gasteiger partial charge in [0.1, 0.15) is 0 Å². The van der Waals surface area contributed by atoms with Gasteiger partial charge in [-0.25, -0.2) is 0 Å². The molecule has 2 rings (SSSR count). The Balaban J connectivity index is 1.94. The number of carbonyl (C=O) groups is 1. The molecular formula is C25H48O6Si. The number of carbonyl (C=O) groups excluding carboxylic acids is 1. The largest absolute Gasteiger partial charge is 0.469 e. The van der Waals surface area contributed by atoms with Crippen LogP contribution in [-0.4, -0.2) is 58.2 Å². The molecule has 1 saturated carbocycles. The van der Waals surface area contributed by atoms with E-state index in [2.05, 4.69) is 33.9 Å². The second kappa shape index (κ2) is 12.8. The lowest BCUT2D eigenvalue weighted by Crippen LogP contribution is -2.44. The lowest BCUT2D eigenvalue weighted by Gasteiger charge is -2.38. The van der Waals surface area contributed by atoms with E-state index in [9.17, 15) is 9.90 Å². The summed E-state index contributed by atoms with van der Waals surface area (Å²) >= 11 is 0. The van der Waals surface area contributed by atoms with Crippen LogP contribution in [0.5, 0.6) is 0 Å². The third-order valence-electron chi connectivity index (χ3n) is 7.80. The predicted octanol–water partition coefficient (Wildman–Crippen LogP) is 5.43. The monoisotopic (exact) mass is 472 g/mol. The predicted molar refractivity (Wildman–Crippen MR) is 129 cm³/mol. The fraction of sp³-hybridized carbons (Fsp3) is 0.960. The van der Waals surface area contributed by atoms with E-state index in [1.807, 2.05) is 0 Å². The van der Waals surface area contributed by atoms with Crippen LogP contribution in [0, 0.1) is 11.8 Å². The molecule has 0 spiro atoms. The summed E-state index contributed by atoms with van der Waals surface area (Å²) in [7, 11) is -0.444. The quantitative estimate of drug-likeness (QED) is 0.232. The summed E-state index contributed by atoms with van der Waals surface area (Å²) in [5.41, 5.74) is 0. The number of hydrogen-bond donors (Lipinski definition) is 1. The standard InChI is InChI=1S/C25H48O6Si/c1-25(2,3)32(5,6)30-18-20-19(13-9-7-8-10-14-23(27)28-4)21(26)17-22(20)31-24-15-11-12-16-29-24/h19-22,24,26H,7-18H2,1-6H3/t19?,20-,21+,22-,24?/m1/s1. The first-order chi connectivity index (χ1) is 15.0. The van der Waals surface area contributed by atoms with Crippen LogP contribution in [0.4, 0.5) is 0 Å². The molecule has 7 heteroatoms. The van der Waals surface area contributed by atoms with Crippen LogP contribution in [-0.2, 0) is 23.4 Å². The first kappa shape index (κ1) is 27.8. The number of rotatable bonds is 12. The Morgan fingerprint density at radius 3 is 2.44 bits per heavy atom. The Morgan fingerprint density at radius 2 is 1.81 bits per heavy atom. The van der Waals surface area contributed by atoms with Gasteiger partial charge in [-0.05, 0) is 56.2 Å². The van der Waals surface area contributed by atoms with Gasteiger partial charge in [0.15, 0.2) is 14.6 Å². The molecule has 1 aliphatic carbocycles. The molecule has 188 valence electrons. The van der Waals surface area contributed by atoms with Crippen LogP contribution in [0.2, 0.25) is 18.1 Å². The maximum atomic E-state index is 11.3. The van der Waals surface area contributed by atoms with E-state index in [1.165, 1.54) is 7.11 Å². The van der Waals surface area contributed by atoms with Gasteiger partial charge in [-0.2, -0.15) is 0 Å². The van der Waals surface area contributed by atoms with Gasteiger partial charge in [0.25, 0.3) is 0 Å². The third kappa shape index (κ3) is 8.39. The number of aliphatic hydroxyl groups excluding tert-OH is 1. The van der Waals surface area contributed by atoms with Crippen LogP contribution >= 0.6 is 0 Å². The summed E-state index contributed by atoms with van der Waals surface area (Å²) in [6.45, 7) is 12.8. The van der Waals surface area contributed by atoms with Crippen molar-refractivity contribution in [2.75, 3.05) is 20.3 Å². The van der Waals surface area contributed by atoms with Crippen molar-refractivity contribution in [3.05, 3.63) is 0 Å². The molecule has 0 bridgehead atoms. The molecule has 1 heterocycles. The molecule has 32 heavy (non-hydrogen) atoms. The van der Waals surface area contributed by atoms with Crippen LogP contribution in [0.25, 0.3) is 0 Å². The van der Waals surface area contributed by atoms with Crippen molar-refractivity contribution >= 4 is 14.3 Å². The summed E-state index contributed by atoms with van der Waals surface area (Å²) in [4.78, 5) is 11.3. The fourth-order valence-electron chi connectivity index (χ4n) is 4.58. The number of ether oxygens (including phenoxy) is 3. The summed E-state index contributed by atoms with van der Waals surface area (Å²) < 4.78 is 23.6. The zero-order chi connectivity index (χ0) is 23.8. The first-order valence-electron chi connectivity index (χ1n) is 12.7. The van der Waals surface area contributed by atoms with Crippen molar-refractivity contribution < 1.29 is 28.5 Å². The van der Waals surface area contributed by atoms with Gasteiger partial charge >= 0.3 is 5.97 Å². The lowest BCUT2D eigenvalue weighted by molar-refractivity contribution is -0.197. The number of unbranched alkanes of at least 4 members (excludes halogenated alkanes) is 3. The zero-order valence-electron chi connectivity index (χ0n) is 21.4. The van der Waals surface area contributed by atoms with Crippen LogP contribution in [0.1, 0.15) is 85.0 Å². The Hall–Kier alpha value is -0.473. The molecule has 0 aromatic rings. The van der Waals surface area contributed by atoms with Crippen molar-refractivity contribution in [2.24, 2.45) is 11.8 Å². The van der Waals surface area contributed by atoms with E-state index in [0.29, 0.717) is 19.4 Å². The molecule has 1 aliphatic heterocycles. The van der Waals surface area contributed by atoms with Gasteiger partial charge in [-0.15, -0.1) is 0 Å². The number of methoxy groups -OCH3 is 1. The van der Waals surface area contributed by atoms with Gasteiger partial charge < -0.3 is 23.7 Å². The molecule has 1 saturated heterocycles. The van der Waals surface area contributed by atoms with Crippen molar-refractivity contribution in [1.82, 2.24) is 0 Å². The molecular weight excluding hydrogens is 424 g/mol. The van der Waals surface area contributed by atoms with E-state index in [-0.39, 0.29) is 41.3 Å². The summed E-state index contributed by atoms with van der Waals surface area (Å²) in [6.07, 6.45) is 8.78. The van der Waals surface area contributed by atoms with Crippen LogP contribution in [0.3, 0.4) is 0 Å². The Kier molecular flexibility index (Phi) is 11.1. The summed E-state index contributed by atoms with van der Waals surface area (Å²) in [6, 6.07) is 0. The Bertz CT molecular complexity index is 555. The zero-order valence-corrected chi connectivity index (χ0v) is 22.4. The molecule has 5 atom stereocenters. The highest BCUT2D eigenvalue weighted by atomic mass is 28.4. The minimum atomic E-state index is -1.88. The fourth-order valence-corrected chi connectivity index (χ4v) is 5.62. The van der Waals surface area contributed by atoms with Crippen molar-refractivity contribution in [2.45, 2.75) is 122 Å². The van der Waals surface area contributed by atoms with Crippen LogP contribution in [0.15, 0.2) is 0 Å². The van der Waals surface area contributed by atoms with E-state index in [1.54, 1.807) is 0 Å². The van der Waals surface area contributed by atoms with Gasteiger partial charge in [-0.1, -0.05) is 40.0 Å². The van der Waals surface area contributed by atoms with Gasteiger partial charge in [0.05, 0.1) is 19.3 Å². The highest BCUT2D eigenvalue weighted by Crippen LogP contribution is 2.42. The maximum Gasteiger partial charge on any atom is 0.305 e. The normalized spacial score (nSPS) is 29.3. The minimum Gasteiger partial charge on any atom is -0.469 e. The second-order valence-corrected chi connectivity index (χ2v) is 16.0. The highest BCUT2D eigenvalue weighted by Gasteiger charge is 2.46. The second-order valence-electron chi connectivity index (χ2n) is 11.2. The molecule has 2 aliphatic rings. The topological polar surface area (TPSA) is 74.2 Å².